The molecule has 1 unspecified atom stereocenters. The lowest BCUT2D eigenvalue weighted by Crippen LogP contribution is -2.20. The highest BCUT2D eigenvalue weighted by atomic mass is 35.5. The quantitative estimate of drug-likeness (QED) is 0.401. The lowest BCUT2D eigenvalue weighted by atomic mass is 9.83. The average Bonchev–Trinajstić information content (AvgIpc) is 3.22. The van der Waals surface area contributed by atoms with Gasteiger partial charge in [0.25, 0.3) is 0 Å². The van der Waals surface area contributed by atoms with E-state index in [4.69, 9.17) is 16.3 Å². The fourth-order valence-corrected chi connectivity index (χ4v) is 4.45. The predicted octanol–water partition coefficient (Wildman–Crippen LogP) is 7.72. The van der Waals surface area contributed by atoms with Crippen molar-refractivity contribution in [2.24, 2.45) is 5.92 Å². The summed E-state index contributed by atoms with van der Waals surface area (Å²) in [5.41, 5.74) is -0.221. The number of halogens is 7. The molecule has 0 saturated heterocycles. The first kappa shape index (κ1) is 25.2. The van der Waals surface area contributed by atoms with Crippen LogP contribution in [0.2, 0.25) is 5.02 Å². The summed E-state index contributed by atoms with van der Waals surface area (Å²) >= 11 is 6.31. The second kappa shape index (κ2) is 9.83. The van der Waals surface area contributed by atoms with E-state index < -0.39 is 42.8 Å². The van der Waals surface area contributed by atoms with Gasteiger partial charge in [0.1, 0.15) is 5.75 Å². The van der Waals surface area contributed by atoms with Gasteiger partial charge in [0, 0.05) is 5.56 Å². The molecule has 0 aliphatic heterocycles. The van der Waals surface area contributed by atoms with Crippen LogP contribution in [0.3, 0.4) is 0 Å². The number of hydrogen-bond donors (Lipinski definition) is 1. The smallest absolute Gasteiger partial charge is 0.416 e. The third kappa shape index (κ3) is 6.34. The van der Waals surface area contributed by atoms with Crippen molar-refractivity contribution in [2.45, 2.75) is 50.4 Å². The molecule has 0 heterocycles. The molecule has 10 heteroatoms. The van der Waals surface area contributed by atoms with Gasteiger partial charge in [-0.3, -0.25) is 4.79 Å². The van der Waals surface area contributed by atoms with Gasteiger partial charge in [0.2, 0.25) is 0 Å². The molecule has 0 aromatic heterocycles. The van der Waals surface area contributed by atoms with Gasteiger partial charge in [-0.2, -0.15) is 26.3 Å². The summed E-state index contributed by atoms with van der Waals surface area (Å²) in [6.45, 7) is -0.749. The number of carbonyl (C=O) groups is 1. The summed E-state index contributed by atoms with van der Waals surface area (Å²) in [6.07, 6.45) is -7.13. The van der Waals surface area contributed by atoms with Crippen LogP contribution < -0.4 is 4.74 Å². The molecule has 1 aliphatic rings. The first-order valence-corrected chi connectivity index (χ1v) is 10.7. The van der Waals surface area contributed by atoms with Crippen molar-refractivity contribution in [3.8, 4) is 16.9 Å². The van der Waals surface area contributed by atoms with Crippen molar-refractivity contribution < 1.29 is 41.0 Å². The first-order chi connectivity index (χ1) is 15.4. The van der Waals surface area contributed by atoms with E-state index in [1.165, 1.54) is 12.1 Å². The number of hydrogen-bond acceptors (Lipinski definition) is 2. The van der Waals surface area contributed by atoms with Gasteiger partial charge in [-0.1, -0.05) is 36.6 Å². The minimum absolute atomic E-state index is 0.103. The fourth-order valence-electron chi connectivity index (χ4n) is 4.17. The van der Waals surface area contributed by atoms with Gasteiger partial charge < -0.3 is 9.84 Å². The number of aliphatic carboxylic acids is 1. The zero-order valence-corrected chi connectivity index (χ0v) is 18.0. The molecular weight excluding hydrogens is 474 g/mol. The Bertz CT molecular complexity index is 979. The van der Waals surface area contributed by atoms with Crippen LogP contribution in [0.25, 0.3) is 11.1 Å². The Morgan fingerprint density at radius 1 is 1.06 bits per heavy atom. The lowest BCUT2D eigenvalue weighted by molar-refractivity contribution is -0.141. The molecule has 0 amide bonds. The summed E-state index contributed by atoms with van der Waals surface area (Å²) in [4.78, 5) is 12.0. The van der Waals surface area contributed by atoms with Crippen LogP contribution >= 0.6 is 11.6 Å². The zero-order chi connectivity index (χ0) is 24.4. The van der Waals surface area contributed by atoms with Crippen molar-refractivity contribution >= 4 is 17.6 Å². The Balaban J connectivity index is 2.06. The molecule has 0 radical (unpaired) electrons. The number of alkyl halides is 6. The van der Waals surface area contributed by atoms with Crippen molar-refractivity contribution in [1.82, 2.24) is 0 Å². The minimum atomic E-state index is -4.57. The third-order valence-corrected chi connectivity index (χ3v) is 6.00. The predicted molar refractivity (Wildman–Crippen MR) is 110 cm³/mol. The Hall–Kier alpha value is -2.42. The van der Waals surface area contributed by atoms with Gasteiger partial charge in [-0.15, -0.1) is 0 Å². The van der Waals surface area contributed by atoms with Gasteiger partial charge >= 0.3 is 18.3 Å². The highest BCUT2D eigenvalue weighted by molar-refractivity contribution is 6.32. The van der Waals surface area contributed by atoms with Gasteiger partial charge in [0.05, 0.1) is 29.5 Å². The number of rotatable bonds is 7. The van der Waals surface area contributed by atoms with Crippen molar-refractivity contribution in [2.75, 3.05) is 6.61 Å². The molecule has 1 fully saturated rings. The monoisotopic (exact) mass is 494 g/mol. The first-order valence-electron chi connectivity index (χ1n) is 10.3. The second-order valence-electron chi connectivity index (χ2n) is 8.03. The van der Waals surface area contributed by atoms with Crippen LogP contribution in [0, 0.1) is 5.92 Å². The molecule has 3 rings (SSSR count). The Kier molecular flexibility index (Phi) is 7.51. The van der Waals surface area contributed by atoms with E-state index in [1.807, 2.05) is 0 Å². The zero-order valence-electron chi connectivity index (χ0n) is 17.3. The van der Waals surface area contributed by atoms with E-state index in [-0.39, 0.29) is 27.8 Å². The summed E-state index contributed by atoms with van der Waals surface area (Å²) < 4.78 is 81.9. The van der Waals surface area contributed by atoms with Crippen molar-refractivity contribution in [3.63, 3.8) is 0 Å². The van der Waals surface area contributed by atoms with Crippen LogP contribution in [0.15, 0.2) is 36.4 Å². The van der Waals surface area contributed by atoms with E-state index in [1.54, 1.807) is 0 Å². The van der Waals surface area contributed by atoms with Crippen LogP contribution in [0.1, 0.15) is 49.1 Å². The summed E-state index contributed by atoms with van der Waals surface area (Å²) in [5.74, 6) is -2.25. The normalized spacial score (nSPS) is 16.1. The molecule has 1 atom stereocenters. The fraction of sp³-hybridized carbons (Fsp3) is 0.435. The molecule has 2 aromatic rings. The molecule has 0 spiro atoms. The molecular formula is C23H21ClF6O3. The maximum atomic E-state index is 13.0. The lowest BCUT2D eigenvalue weighted by Gasteiger charge is -2.23. The van der Waals surface area contributed by atoms with Crippen LogP contribution in [0.4, 0.5) is 26.3 Å². The number of ether oxygens (including phenoxy) is 1. The average molecular weight is 495 g/mol. The molecule has 2 aromatic carbocycles. The molecule has 0 bridgehead atoms. The topological polar surface area (TPSA) is 46.5 Å². The molecule has 1 saturated carbocycles. The molecule has 180 valence electrons. The van der Waals surface area contributed by atoms with E-state index in [2.05, 4.69) is 0 Å². The van der Waals surface area contributed by atoms with Crippen LogP contribution in [0.5, 0.6) is 5.75 Å². The number of benzene rings is 2. The molecule has 1 aliphatic carbocycles. The Morgan fingerprint density at radius 3 is 2.18 bits per heavy atom. The summed E-state index contributed by atoms with van der Waals surface area (Å²) in [6, 6.07) is 6.77. The SMILES string of the molecule is O=C(O)C(c1cc(Cl)c(OCCC(F)(F)F)c(-c2ccc(C(F)(F)F)cc2)c1)C1CCCC1. The van der Waals surface area contributed by atoms with Crippen molar-refractivity contribution in [1.29, 1.82) is 0 Å². The van der Waals surface area contributed by atoms with E-state index in [9.17, 15) is 36.2 Å². The maximum absolute atomic E-state index is 13.0. The highest BCUT2D eigenvalue weighted by Crippen LogP contribution is 2.44. The van der Waals surface area contributed by atoms with Crippen molar-refractivity contribution in [3.05, 3.63) is 52.5 Å². The maximum Gasteiger partial charge on any atom is 0.416 e. The van der Waals surface area contributed by atoms with E-state index in [0.29, 0.717) is 18.4 Å². The Labute approximate surface area is 191 Å². The largest absolute Gasteiger partial charge is 0.491 e. The van der Waals surface area contributed by atoms with E-state index in [0.717, 1.165) is 37.1 Å². The summed E-state index contributed by atoms with van der Waals surface area (Å²) in [7, 11) is 0. The van der Waals surface area contributed by atoms with Gasteiger partial charge in [-0.05, 0) is 54.2 Å². The molecule has 33 heavy (non-hydrogen) atoms. The third-order valence-electron chi connectivity index (χ3n) is 5.72. The number of carboxylic acids is 1. The van der Waals surface area contributed by atoms with Crippen LogP contribution in [-0.4, -0.2) is 23.9 Å². The summed E-state index contributed by atoms with van der Waals surface area (Å²) in [5, 5.41) is 9.74. The second-order valence-corrected chi connectivity index (χ2v) is 8.44. The standard InChI is InChI=1S/C23H21ClF6O3/c24-18-12-15(19(21(31)32)14-3-1-2-4-14)11-17(20(18)33-10-9-22(25,26)27)13-5-7-16(8-6-13)23(28,29)30/h5-8,11-12,14,19H,1-4,9-10H2,(H,31,32). The number of carboxylic acid groups (broad SMARTS) is 1. The van der Waals surface area contributed by atoms with Gasteiger partial charge in [-0.25, -0.2) is 0 Å². The molecule has 1 N–H and O–H groups in total. The Morgan fingerprint density at radius 2 is 1.67 bits per heavy atom. The van der Waals surface area contributed by atoms with Gasteiger partial charge in [0.15, 0.2) is 0 Å². The van der Waals surface area contributed by atoms with E-state index >= 15 is 0 Å². The molecule has 3 nitrogen and oxygen atoms in total. The van der Waals surface area contributed by atoms with Crippen LogP contribution in [-0.2, 0) is 11.0 Å². The minimum Gasteiger partial charge on any atom is -0.491 e. The highest BCUT2D eigenvalue weighted by Gasteiger charge is 2.34.